The zero-order valence-corrected chi connectivity index (χ0v) is 13.0. The van der Waals surface area contributed by atoms with Crippen LogP contribution in [0.4, 0.5) is 0 Å². The highest BCUT2D eigenvalue weighted by molar-refractivity contribution is 7.89. The highest BCUT2D eigenvalue weighted by Crippen LogP contribution is 2.28. The number of sulfonamides is 1. The second-order valence-corrected chi connectivity index (χ2v) is 7.27. The Bertz CT molecular complexity index is 543. The van der Waals surface area contributed by atoms with E-state index in [9.17, 15) is 8.42 Å². The SMILES string of the molecule is CCC1CCC(NS(=O)(=O)c2cc(CN)oc2C)CC1. The highest BCUT2D eigenvalue weighted by Gasteiger charge is 2.27. The maximum Gasteiger partial charge on any atom is 0.244 e. The van der Waals surface area contributed by atoms with Crippen LogP contribution in [0.1, 0.15) is 50.5 Å². The Balaban J connectivity index is 2.06. The number of hydrogen-bond acceptors (Lipinski definition) is 4. The molecule has 1 aliphatic rings. The summed E-state index contributed by atoms with van der Waals surface area (Å²) in [7, 11) is -3.50. The van der Waals surface area contributed by atoms with Crippen LogP contribution in [0.2, 0.25) is 0 Å². The first-order valence-electron chi connectivity index (χ1n) is 7.28. The van der Waals surface area contributed by atoms with Gasteiger partial charge in [-0.05, 0) is 38.5 Å². The van der Waals surface area contributed by atoms with Gasteiger partial charge in [0.05, 0.1) is 6.54 Å². The Morgan fingerprint density at radius 3 is 2.50 bits per heavy atom. The molecule has 0 bridgehead atoms. The minimum atomic E-state index is -3.50. The van der Waals surface area contributed by atoms with Gasteiger partial charge in [0.2, 0.25) is 10.0 Å². The van der Waals surface area contributed by atoms with Gasteiger partial charge in [-0.15, -0.1) is 0 Å². The van der Waals surface area contributed by atoms with E-state index < -0.39 is 10.0 Å². The summed E-state index contributed by atoms with van der Waals surface area (Å²) in [4.78, 5) is 0.218. The van der Waals surface area contributed by atoms with Crippen molar-refractivity contribution in [1.29, 1.82) is 0 Å². The Hall–Kier alpha value is -0.850. The molecule has 1 aromatic rings. The molecule has 5 nitrogen and oxygen atoms in total. The van der Waals surface area contributed by atoms with Gasteiger partial charge in [-0.25, -0.2) is 13.1 Å². The minimum Gasteiger partial charge on any atom is -0.464 e. The first kappa shape index (κ1) is 15.5. The molecule has 3 N–H and O–H groups in total. The molecule has 0 aromatic carbocycles. The van der Waals surface area contributed by atoms with Crippen LogP contribution in [-0.4, -0.2) is 14.5 Å². The summed E-state index contributed by atoms with van der Waals surface area (Å²) in [5.74, 6) is 1.65. The fourth-order valence-electron chi connectivity index (χ4n) is 2.86. The Kier molecular flexibility index (Phi) is 4.88. The van der Waals surface area contributed by atoms with Crippen molar-refractivity contribution in [2.45, 2.75) is 63.4 Å². The Morgan fingerprint density at radius 2 is 2.00 bits per heavy atom. The number of aryl methyl sites for hydroxylation is 1. The summed E-state index contributed by atoms with van der Waals surface area (Å²) in [5.41, 5.74) is 5.48. The van der Waals surface area contributed by atoms with Crippen molar-refractivity contribution in [1.82, 2.24) is 4.72 Å². The molecule has 0 atom stereocenters. The molecule has 2 rings (SSSR count). The molecule has 1 aliphatic carbocycles. The first-order valence-corrected chi connectivity index (χ1v) is 8.76. The molecule has 1 fully saturated rings. The number of hydrogen-bond donors (Lipinski definition) is 2. The van der Waals surface area contributed by atoms with Crippen LogP contribution in [0.5, 0.6) is 0 Å². The molecule has 0 saturated heterocycles. The second-order valence-electron chi connectivity index (χ2n) is 5.58. The van der Waals surface area contributed by atoms with E-state index in [2.05, 4.69) is 11.6 Å². The normalized spacial score (nSPS) is 23.9. The van der Waals surface area contributed by atoms with Crippen molar-refractivity contribution < 1.29 is 12.8 Å². The van der Waals surface area contributed by atoms with Gasteiger partial charge < -0.3 is 10.2 Å². The quantitative estimate of drug-likeness (QED) is 0.873. The van der Waals surface area contributed by atoms with Crippen LogP contribution in [-0.2, 0) is 16.6 Å². The molecule has 1 heterocycles. The van der Waals surface area contributed by atoms with Crippen LogP contribution >= 0.6 is 0 Å². The predicted molar refractivity (Wildman–Crippen MR) is 77.7 cm³/mol. The van der Waals surface area contributed by atoms with E-state index in [1.807, 2.05) is 0 Å². The smallest absolute Gasteiger partial charge is 0.244 e. The van der Waals surface area contributed by atoms with Crippen molar-refractivity contribution in [3.8, 4) is 0 Å². The van der Waals surface area contributed by atoms with E-state index in [4.69, 9.17) is 10.2 Å². The molecule has 0 aliphatic heterocycles. The lowest BCUT2D eigenvalue weighted by Gasteiger charge is -2.28. The Labute approximate surface area is 121 Å². The van der Waals surface area contributed by atoms with E-state index in [0.717, 1.165) is 31.6 Å². The Morgan fingerprint density at radius 1 is 1.35 bits per heavy atom. The van der Waals surface area contributed by atoms with Crippen LogP contribution in [0.3, 0.4) is 0 Å². The number of nitrogens with two attached hydrogens (primary N) is 1. The van der Waals surface area contributed by atoms with E-state index in [1.165, 1.54) is 12.5 Å². The molecule has 0 spiro atoms. The molecule has 114 valence electrons. The molecule has 0 amide bonds. The van der Waals surface area contributed by atoms with Crippen molar-refractivity contribution >= 4 is 10.0 Å². The third-order valence-electron chi connectivity index (χ3n) is 4.16. The first-order chi connectivity index (χ1) is 9.46. The summed E-state index contributed by atoms with van der Waals surface area (Å²) in [6, 6.07) is 1.56. The zero-order valence-electron chi connectivity index (χ0n) is 12.2. The average molecular weight is 300 g/mol. The van der Waals surface area contributed by atoms with Crippen LogP contribution in [0, 0.1) is 12.8 Å². The maximum absolute atomic E-state index is 12.4. The van der Waals surface area contributed by atoms with Gasteiger partial charge in [0.1, 0.15) is 16.4 Å². The number of furan rings is 1. The topological polar surface area (TPSA) is 85.3 Å². The van der Waals surface area contributed by atoms with E-state index in [-0.39, 0.29) is 17.5 Å². The number of rotatable bonds is 5. The molecule has 0 unspecified atom stereocenters. The fraction of sp³-hybridized carbons (Fsp3) is 0.714. The largest absolute Gasteiger partial charge is 0.464 e. The summed E-state index contributed by atoms with van der Waals surface area (Å²) < 4.78 is 32.9. The third-order valence-corrected chi connectivity index (χ3v) is 5.79. The van der Waals surface area contributed by atoms with Gasteiger partial charge in [0, 0.05) is 12.1 Å². The third kappa shape index (κ3) is 3.42. The molecular formula is C14H24N2O3S. The molecule has 20 heavy (non-hydrogen) atoms. The summed E-state index contributed by atoms with van der Waals surface area (Å²) >= 11 is 0. The van der Waals surface area contributed by atoms with E-state index >= 15 is 0 Å². The predicted octanol–water partition coefficient (Wildman–Crippen LogP) is 2.29. The summed E-state index contributed by atoms with van der Waals surface area (Å²) in [6.45, 7) is 4.05. The molecule has 6 heteroatoms. The van der Waals surface area contributed by atoms with Crippen molar-refractivity contribution in [2.75, 3.05) is 0 Å². The van der Waals surface area contributed by atoms with Gasteiger partial charge in [0.15, 0.2) is 0 Å². The van der Waals surface area contributed by atoms with E-state index in [1.54, 1.807) is 6.92 Å². The van der Waals surface area contributed by atoms with Crippen LogP contribution < -0.4 is 10.5 Å². The zero-order chi connectivity index (χ0) is 14.8. The maximum atomic E-state index is 12.4. The monoisotopic (exact) mass is 300 g/mol. The lowest BCUT2D eigenvalue weighted by Crippen LogP contribution is -2.37. The molecule has 0 radical (unpaired) electrons. The molecule has 1 aromatic heterocycles. The lowest BCUT2D eigenvalue weighted by atomic mass is 9.85. The number of nitrogens with one attached hydrogen (secondary N) is 1. The minimum absolute atomic E-state index is 0.0402. The van der Waals surface area contributed by atoms with Gasteiger partial charge >= 0.3 is 0 Å². The van der Waals surface area contributed by atoms with Crippen LogP contribution in [0.15, 0.2) is 15.4 Å². The highest BCUT2D eigenvalue weighted by atomic mass is 32.2. The molecular weight excluding hydrogens is 276 g/mol. The van der Waals surface area contributed by atoms with Crippen molar-refractivity contribution in [3.05, 3.63) is 17.6 Å². The van der Waals surface area contributed by atoms with Gasteiger partial charge in [0.25, 0.3) is 0 Å². The van der Waals surface area contributed by atoms with Crippen LogP contribution in [0.25, 0.3) is 0 Å². The van der Waals surface area contributed by atoms with E-state index in [0.29, 0.717) is 11.5 Å². The molecule has 1 saturated carbocycles. The lowest BCUT2D eigenvalue weighted by molar-refractivity contribution is 0.306. The standard InChI is InChI=1S/C14H24N2O3S/c1-3-11-4-6-12(7-5-11)16-20(17,18)14-8-13(9-15)19-10(14)2/h8,11-12,16H,3-7,9,15H2,1-2H3. The van der Waals surface area contributed by atoms with Gasteiger partial charge in [-0.2, -0.15) is 0 Å². The average Bonchev–Trinajstić information content (AvgIpc) is 2.81. The fourth-order valence-corrected chi connectivity index (χ4v) is 4.37. The van der Waals surface area contributed by atoms with Crippen molar-refractivity contribution in [2.24, 2.45) is 11.7 Å². The second kappa shape index (κ2) is 6.28. The van der Waals surface area contributed by atoms with Gasteiger partial charge in [-0.3, -0.25) is 0 Å². The van der Waals surface area contributed by atoms with Crippen molar-refractivity contribution in [3.63, 3.8) is 0 Å². The summed E-state index contributed by atoms with van der Waals surface area (Å²) in [6.07, 6.45) is 5.21. The summed E-state index contributed by atoms with van der Waals surface area (Å²) in [5, 5.41) is 0. The van der Waals surface area contributed by atoms with Gasteiger partial charge in [-0.1, -0.05) is 13.3 Å².